The van der Waals surface area contributed by atoms with Gasteiger partial charge < -0.3 is 15.2 Å². The molecule has 27 heavy (non-hydrogen) atoms. The fourth-order valence-electron chi connectivity index (χ4n) is 5.22. The average Bonchev–Trinajstić information content (AvgIpc) is 3.08. The van der Waals surface area contributed by atoms with Crippen LogP contribution in [0.15, 0.2) is 24.4 Å². The highest BCUT2D eigenvalue weighted by molar-refractivity contribution is 5.88. The maximum atomic E-state index is 12.6. The Morgan fingerprint density at radius 2 is 2.11 bits per heavy atom. The molecule has 2 aliphatic rings. The minimum absolute atomic E-state index is 0.0799. The van der Waals surface area contributed by atoms with Gasteiger partial charge in [0.05, 0.1) is 0 Å². The third-order valence-corrected chi connectivity index (χ3v) is 6.46. The van der Waals surface area contributed by atoms with Crippen LogP contribution in [0.4, 0.5) is 4.79 Å². The van der Waals surface area contributed by atoms with Crippen molar-refractivity contribution < 1.29 is 4.79 Å². The predicted octanol–water partition coefficient (Wildman–Crippen LogP) is 3.71. The van der Waals surface area contributed by atoms with Gasteiger partial charge in [-0.25, -0.2) is 4.79 Å². The van der Waals surface area contributed by atoms with Crippen LogP contribution >= 0.6 is 0 Å². The molecule has 1 fully saturated rings. The molecule has 4 rings (SSSR count). The summed E-state index contributed by atoms with van der Waals surface area (Å²) in [7, 11) is 0. The van der Waals surface area contributed by atoms with Gasteiger partial charge in [-0.2, -0.15) is 0 Å². The molecule has 5 heteroatoms. The normalized spacial score (nSPS) is 24.6. The van der Waals surface area contributed by atoms with E-state index in [0.29, 0.717) is 12.0 Å². The van der Waals surface area contributed by atoms with Gasteiger partial charge in [0.15, 0.2) is 0 Å². The molecule has 3 atom stereocenters. The number of amides is 2. The standard InChI is InChI=1S/C22H32N4O/c1-4-10-26-14-16(24-22(27)25(5-2)6-3)12-18-17-8-7-9-19-21(17)15(13-23-19)11-20(18)26/h7-9,13,16,18,20,23H,4-6,10-12,14H2,1-3H3,(H,24,27)/t16-,18?,20+/m0/s1. The quantitative estimate of drug-likeness (QED) is 0.845. The Balaban J connectivity index is 1.63. The highest BCUT2D eigenvalue weighted by atomic mass is 16.2. The topological polar surface area (TPSA) is 51.4 Å². The number of hydrogen-bond donors (Lipinski definition) is 2. The second-order valence-electron chi connectivity index (χ2n) is 8.01. The van der Waals surface area contributed by atoms with Crippen LogP contribution in [0.2, 0.25) is 0 Å². The number of nitrogens with zero attached hydrogens (tertiary/aromatic N) is 2. The summed E-state index contributed by atoms with van der Waals surface area (Å²) in [6.07, 6.45) is 5.48. The fourth-order valence-corrected chi connectivity index (χ4v) is 5.22. The van der Waals surface area contributed by atoms with Crippen LogP contribution in [0.5, 0.6) is 0 Å². The highest BCUT2D eigenvalue weighted by Crippen LogP contribution is 2.43. The van der Waals surface area contributed by atoms with Gasteiger partial charge >= 0.3 is 6.03 Å². The Bertz CT molecular complexity index is 810. The minimum atomic E-state index is 0.0799. The van der Waals surface area contributed by atoms with Crippen molar-refractivity contribution in [1.82, 2.24) is 20.1 Å². The van der Waals surface area contributed by atoms with Crippen molar-refractivity contribution >= 4 is 16.9 Å². The molecule has 2 N–H and O–H groups in total. The molecule has 1 aromatic heterocycles. The number of piperidine rings is 1. The lowest BCUT2D eigenvalue weighted by Crippen LogP contribution is -2.57. The number of benzene rings is 1. The number of hydrogen-bond acceptors (Lipinski definition) is 2. The molecule has 2 aromatic rings. The Morgan fingerprint density at radius 3 is 2.85 bits per heavy atom. The Hall–Kier alpha value is -2.01. The fraction of sp³-hybridized carbons (Fsp3) is 0.591. The van der Waals surface area contributed by atoms with E-state index in [-0.39, 0.29) is 12.1 Å². The zero-order valence-corrected chi connectivity index (χ0v) is 16.8. The van der Waals surface area contributed by atoms with Crippen LogP contribution in [0.3, 0.4) is 0 Å². The molecule has 1 aliphatic carbocycles. The van der Waals surface area contributed by atoms with E-state index in [9.17, 15) is 4.79 Å². The number of likely N-dealkylation sites (tertiary alicyclic amines) is 1. The first-order chi connectivity index (χ1) is 13.2. The molecule has 0 radical (unpaired) electrons. The first kappa shape index (κ1) is 18.4. The Morgan fingerprint density at radius 1 is 1.30 bits per heavy atom. The summed E-state index contributed by atoms with van der Waals surface area (Å²) in [6.45, 7) is 9.89. The number of urea groups is 1. The number of H-pyrrole nitrogens is 1. The van der Waals surface area contributed by atoms with Crippen molar-refractivity contribution in [2.75, 3.05) is 26.2 Å². The summed E-state index contributed by atoms with van der Waals surface area (Å²) in [5, 5.41) is 4.75. The monoisotopic (exact) mass is 368 g/mol. The summed E-state index contributed by atoms with van der Waals surface area (Å²) in [5.41, 5.74) is 4.16. The van der Waals surface area contributed by atoms with Crippen LogP contribution in [-0.4, -0.2) is 59.1 Å². The smallest absolute Gasteiger partial charge is 0.317 e. The largest absolute Gasteiger partial charge is 0.361 e. The lowest BCUT2D eigenvalue weighted by molar-refractivity contribution is 0.0980. The summed E-state index contributed by atoms with van der Waals surface area (Å²) in [4.78, 5) is 20.6. The highest BCUT2D eigenvalue weighted by Gasteiger charge is 2.41. The van der Waals surface area contributed by atoms with Crippen molar-refractivity contribution in [1.29, 1.82) is 0 Å². The molecule has 0 spiro atoms. The zero-order chi connectivity index (χ0) is 19.0. The molecule has 2 heterocycles. The van der Waals surface area contributed by atoms with Crippen molar-refractivity contribution in [3.63, 3.8) is 0 Å². The second-order valence-corrected chi connectivity index (χ2v) is 8.01. The molecular formula is C22H32N4O. The number of nitrogens with one attached hydrogen (secondary N) is 2. The number of rotatable bonds is 5. The third-order valence-electron chi connectivity index (χ3n) is 6.46. The lowest BCUT2D eigenvalue weighted by Gasteiger charge is -2.47. The van der Waals surface area contributed by atoms with E-state index in [1.54, 1.807) is 0 Å². The summed E-state index contributed by atoms with van der Waals surface area (Å²) < 4.78 is 0. The van der Waals surface area contributed by atoms with Crippen LogP contribution in [-0.2, 0) is 6.42 Å². The van der Waals surface area contributed by atoms with Crippen molar-refractivity contribution in [2.24, 2.45) is 0 Å². The van der Waals surface area contributed by atoms with Gasteiger partial charge in [0.25, 0.3) is 0 Å². The van der Waals surface area contributed by atoms with E-state index >= 15 is 0 Å². The van der Waals surface area contributed by atoms with Gasteiger partial charge in [0, 0.05) is 54.7 Å². The Kier molecular flexibility index (Phi) is 5.13. The van der Waals surface area contributed by atoms with Crippen molar-refractivity contribution in [2.45, 2.75) is 58.0 Å². The average molecular weight is 369 g/mol. The molecule has 5 nitrogen and oxygen atoms in total. The van der Waals surface area contributed by atoms with E-state index < -0.39 is 0 Å². The van der Waals surface area contributed by atoms with Crippen LogP contribution in [0.25, 0.3) is 10.9 Å². The van der Waals surface area contributed by atoms with Crippen LogP contribution in [0.1, 0.15) is 50.7 Å². The third kappa shape index (κ3) is 3.22. The van der Waals surface area contributed by atoms with Gasteiger partial charge in [0.2, 0.25) is 0 Å². The molecule has 1 aromatic carbocycles. The number of fused-ring (bicyclic) bond motifs is 2. The van der Waals surface area contributed by atoms with Crippen molar-refractivity contribution in [3.8, 4) is 0 Å². The molecule has 1 saturated heterocycles. The first-order valence-corrected chi connectivity index (χ1v) is 10.5. The van der Waals surface area contributed by atoms with Gasteiger partial charge in [0.1, 0.15) is 0 Å². The molecular weight excluding hydrogens is 336 g/mol. The van der Waals surface area contributed by atoms with Gasteiger partial charge in [-0.15, -0.1) is 0 Å². The van der Waals surface area contributed by atoms with Gasteiger partial charge in [-0.1, -0.05) is 19.1 Å². The molecule has 0 saturated carbocycles. The van der Waals surface area contributed by atoms with Crippen molar-refractivity contribution in [3.05, 3.63) is 35.5 Å². The Labute approximate surface area is 162 Å². The molecule has 1 aliphatic heterocycles. The predicted molar refractivity (Wildman–Crippen MR) is 110 cm³/mol. The summed E-state index contributed by atoms with van der Waals surface area (Å²) in [5.74, 6) is 0.485. The van der Waals surface area contributed by atoms with E-state index in [0.717, 1.165) is 45.4 Å². The van der Waals surface area contributed by atoms with Crippen LogP contribution in [0, 0.1) is 0 Å². The maximum absolute atomic E-state index is 12.6. The number of aromatic nitrogens is 1. The molecule has 146 valence electrons. The molecule has 1 unspecified atom stereocenters. The van der Waals surface area contributed by atoms with Gasteiger partial charge in [-0.3, -0.25) is 4.90 Å². The summed E-state index contributed by atoms with van der Waals surface area (Å²) >= 11 is 0. The van der Waals surface area contributed by atoms with Crippen LogP contribution < -0.4 is 5.32 Å². The van der Waals surface area contributed by atoms with Gasteiger partial charge in [-0.05, 0) is 56.8 Å². The maximum Gasteiger partial charge on any atom is 0.317 e. The summed E-state index contributed by atoms with van der Waals surface area (Å²) in [6, 6.07) is 7.48. The number of aromatic amines is 1. The number of carbonyl (C=O) groups is 1. The molecule has 2 amide bonds. The lowest BCUT2D eigenvalue weighted by atomic mass is 9.74. The second kappa shape index (κ2) is 7.55. The minimum Gasteiger partial charge on any atom is -0.361 e. The van der Waals surface area contributed by atoms with E-state index in [1.165, 1.54) is 22.0 Å². The van der Waals surface area contributed by atoms with E-state index in [2.05, 4.69) is 46.5 Å². The van der Waals surface area contributed by atoms with E-state index in [1.807, 2.05) is 18.7 Å². The van der Waals surface area contributed by atoms with E-state index in [4.69, 9.17) is 0 Å². The number of carbonyl (C=O) groups excluding carboxylic acids is 1. The first-order valence-electron chi connectivity index (χ1n) is 10.5. The zero-order valence-electron chi connectivity index (χ0n) is 16.8. The SMILES string of the molecule is CCCN1C[C@@H](NC(=O)N(CC)CC)CC2c3cccc4[nH]cc(c34)C[C@H]21. The molecule has 0 bridgehead atoms.